The van der Waals surface area contributed by atoms with E-state index in [1.807, 2.05) is 6.20 Å². The van der Waals surface area contributed by atoms with Gasteiger partial charge in [-0.1, -0.05) is 0 Å². The zero-order valence-electron chi connectivity index (χ0n) is 16.4. The van der Waals surface area contributed by atoms with Gasteiger partial charge in [0.1, 0.15) is 12.1 Å². The van der Waals surface area contributed by atoms with E-state index in [2.05, 4.69) is 31.7 Å². The summed E-state index contributed by atoms with van der Waals surface area (Å²) in [5.41, 5.74) is 2.18. The van der Waals surface area contributed by atoms with Crippen LogP contribution in [0.25, 0.3) is 10.9 Å². The first-order chi connectivity index (χ1) is 13.7. The second-order valence-electron chi connectivity index (χ2n) is 7.35. The van der Waals surface area contributed by atoms with Crippen LogP contribution in [-0.4, -0.2) is 59.2 Å². The van der Waals surface area contributed by atoms with Crippen molar-refractivity contribution in [1.82, 2.24) is 19.9 Å². The standard InChI is InChI=1S/C21H26FN5O/c1-15-13-27(21-20(28-2)12-23-14-25-21)9-8-26(15)7-3-4-16-11-24-19-6-5-17(22)10-18(16)19/h5-6,10-12,14-15,24H,3-4,7-9,13H2,1-2H3. The predicted molar refractivity (Wildman–Crippen MR) is 108 cm³/mol. The molecule has 3 aromatic rings. The Kier molecular flexibility index (Phi) is 5.43. The number of methoxy groups -OCH3 is 1. The van der Waals surface area contributed by atoms with E-state index in [9.17, 15) is 4.39 Å². The third kappa shape index (κ3) is 3.80. The van der Waals surface area contributed by atoms with Crippen molar-refractivity contribution >= 4 is 16.7 Å². The van der Waals surface area contributed by atoms with Crippen LogP contribution in [0.1, 0.15) is 18.9 Å². The summed E-state index contributed by atoms with van der Waals surface area (Å²) < 4.78 is 18.9. The molecular formula is C21H26FN5O. The molecule has 1 saturated heterocycles. The molecule has 28 heavy (non-hydrogen) atoms. The first-order valence-electron chi connectivity index (χ1n) is 9.74. The normalized spacial score (nSPS) is 18.0. The van der Waals surface area contributed by atoms with Crippen molar-refractivity contribution in [2.75, 3.05) is 38.2 Å². The third-order valence-corrected chi connectivity index (χ3v) is 5.56. The van der Waals surface area contributed by atoms with Gasteiger partial charge < -0.3 is 14.6 Å². The van der Waals surface area contributed by atoms with E-state index in [0.29, 0.717) is 6.04 Å². The molecule has 4 rings (SSSR count). The average molecular weight is 383 g/mol. The minimum atomic E-state index is -0.182. The van der Waals surface area contributed by atoms with Crippen LogP contribution in [0.15, 0.2) is 36.9 Å². The van der Waals surface area contributed by atoms with Crippen molar-refractivity contribution < 1.29 is 9.13 Å². The highest BCUT2D eigenvalue weighted by Gasteiger charge is 2.26. The van der Waals surface area contributed by atoms with Crippen molar-refractivity contribution in [1.29, 1.82) is 0 Å². The Hall–Kier alpha value is -2.67. The number of fused-ring (bicyclic) bond motifs is 1. The van der Waals surface area contributed by atoms with Gasteiger partial charge in [0, 0.05) is 42.8 Å². The van der Waals surface area contributed by atoms with Crippen LogP contribution in [-0.2, 0) is 6.42 Å². The number of benzene rings is 1. The maximum absolute atomic E-state index is 13.5. The molecule has 6 nitrogen and oxygen atoms in total. The van der Waals surface area contributed by atoms with Crippen LogP contribution >= 0.6 is 0 Å². The van der Waals surface area contributed by atoms with Crippen molar-refractivity contribution in [3.8, 4) is 5.75 Å². The summed E-state index contributed by atoms with van der Waals surface area (Å²) in [5.74, 6) is 1.40. The van der Waals surface area contributed by atoms with Gasteiger partial charge in [0.05, 0.1) is 13.3 Å². The molecule has 7 heteroatoms. The largest absolute Gasteiger partial charge is 0.491 e. The molecule has 1 atom stereocenters. The van der Waals surface area contributed by atoms with Gasteiger partial charge >= 0.3 is 0 Å². The molecule has 1 aromatic carbocycles. The summed E-state index contributed by atoms with van der Waals surface area (Å²) in [7, 11) is 1.65. The first-order valence-corrected chi connectivity index (χ1v) is 9.74. The Morgan fingerprint density at radius 2 is 2.21 bits per heavy atom. The molecule has 0 amide bonds. The topological polar surface area (TPSA) is 57.3 Å². The van der Waals surface area contributed by atoms with E-state index in [1.165, 1.54) is 11.6 Å². The fourth-order valence-electron chi connectivity index (χ4n) is 4.04. The number of hydrogen-bond acceptors (Lipinski definition) is 5. The number of hydrogen-bond donors (Lipinski definition) is 1. The van der Waals surface area contributed by atoms with Crippen molar-refractivity contribution in [3.63, 3.8) is 0 Å². The monoisotopic (exact) mass is 383 g/mol. The highest BCUT2D eigenvalue weighted by molar-refractivity contribution is 5.83. The minimum Gasteiger partial charge on any atom is -0.491 e. The SMILES string of the molecule is COc1cncnc1N1CCN(CCCc2c[nH]c3ccc(F)cc23)C(C)C1. The Morgan fingerprint density at radius 1 is 1.32 bits per heavy atom. The van der Waals surface area contributed by atoms with E-state index < -0.39 is 0 Å². The summed E-state index contributed by atoms with van der Waals surface area (Å²) in [5, 5.41) is 0.994. The highest BCUT2D eigenvalue weighted by atomic mass is 19.1. The number of aromatic amines is 1. The summed E-state index contributed by atoms with van der Waals surface area (Å²) in [6.07, 6.45) is 7.27. The summed E-state index contributed by atoms with van der Waals surface area (Å²) in [6.45, 7) is 6.08. The molecule has 0 spiro atoms. The lowest BCUT2D eigenvalue weighted by molar-refractivity contribution is 0.186. The summed E-state index contributed by atoms with van der Waals surface area (Å²) in [6, 6.07) is 5.35. The molecule has 1 aliphatic heterocycles. The Balaban J connectivity index is 1.33. The second-order valence-corrected chi connectivity index (χ2v) is 7.35. The third-order valence-electron chi connectivity index (χ3n) is 5.56. The molecule has 0 saturated carbocycles. The zero-order valence-corrected chi connectivity index (χ0v) is 16.4. The van der Waals surface area contributed by atoms with E-state index in [0.717, 1.165) is 61.5 Å². The van der Waals surface area contributed by atoms with Crippen LogP contribution in [0.5, 0.6) is 5.75 Å². The molecule has 1 aliphatic rings. The first kappa shape index (κ1) is 18.7. The van der Waals surface area contributed by atoms with Gasteiger partial charge in [0.15, 0.2) is 11.6 Å². The quantitative estimate of drug-likeness (QED) is 0.708. The van der Waals surface area contributed by atoms with Crippen LogP contribution in [0, 0.1) is 5.82 Å². The fraction of sp³-hybridized carbons (Fsp3) is 0.429. The number of rotatable bonds is 6. The van der Waals surface area contributed by atoms with Gasteiger partial charge in [-0.2, -0.15) is 0 Å². The number of piperazine rings is 1. The van der Waals surface area contributed by atoms with E-state index in [4.69, 9.17) is 4.74 Å². The van der Waals surface area contributed by atoms with Gasteiger partial charge in [-0.05, 0) is 50.1 Å². The van der Waals surface area contributed by atoms with E-state index in [-0.39, 0.29) is 5.82 Å². The Labute approximate surface area is 164 Å². The zero-order chi connectivity index (χ0) is 19.5. The molecular weight excluding hydrogens is 357 g/mol. The number of anilines is 1. The molecule has 148 valence electrons. The lowest BCUT2D eigenvalue weighted by Gasteiger charge is -2.40. The molecule has 2 aromatic heterocycles. The minimum absolute atomic E-state index is 0.182. The number of nitrogens with one attached hydrogen (secondary N) is 1. The van der Waals surface area contributed by atoms with Crippen molar-refractivity contribution in [2.24, 2.45) is 0 Å². The van der Waals surface area contributed by atoms with Crippen molar-refractivity contribution in [2.45, 2.75) is 25.8 Å². The number of aryl methyl sites for hydroxylation is 1. The fourth-order valence-corrected chi connectivity index (χ4v) is 4.04. The van der Waals surface area contributed by atoms with Gasteiger partial charge in [0.2, 0.25) is 0 Å². The molecule has 3 heterocycles. The van der Waals surface area contributed by atoms with Gasteiger partial charge in [-0.15, -0.1) is 0 Å². The van der Waals surface area contributed by atoms with E-state index >= 15 is 0 Å². The highest BCUT2D eigenvalue weighted by Crippen LogP contribution is 2.26. The van der Waals surface area contributed by atoms with Gasteiger partial charge in [0.25, 0.3) is 0 Å². The maximum atomic E-state index is 13.5. The number of nitrogens with zero attached hydrogens (tertiary/aromatic N) is 4. The molecule has 1 fully saturated rings. The second kappa shape index (κ2) is 8.14. The summed E-state index contributed by atoms with van der Waals surface area (Å²) in [4.78, 5) is 16.5. The number of aromatic nitrogens is 3. The van der Waals surface area contributed by atoms with E-state index in [1.54, 1.807) is 31.8 Å². The molecule has 0 radical (unpaired) electrons. The summed E-state index contributed by atoms with van der Waals surface area (Å²) >= 11 is 0. The lowest BCUT2D eigenvalue weighted by Crippen LogP contribution is -2.52. The Morgan fingerprint density at radius 3 is 3.04 bits per heavy atom. The van der Waals surface area contributed by atoms with Gasteiger partial charge in [-0.3, -0.25) is 4.90 Å². The Bertz CT molecular complexity index is 943. The van der Waals surface area contributed by atoms with Crippen molar-refractivity contribution in [3.05, 3.63) is 48.3 Å². The van der Waals surface area contributed by atoms with Crippen LogP contribution in [0.4, 0.5) is 10.2 Å². The molecule has 1 unspecified atom stereocenters. The predicted octanol–water partition coefficient (Wildman–Crippen LogP) is 3.25. The smallest absolute Gasteiger partial charge is 0.179 e. The van der Waals surface area contributed by atoms with Crippen LogP contribution in [0.3, 0.4) is 0 Å². The molecule has 0 aliphatic carbocycles. The van der Waals surface area contributed by atoms with Crippen LogP contribution < -0.4 is 9.64 Å². The van der Waals surface area contributed by atoms with Gasteiger partial charge in [-0.25, -0.2) is 14.4 Å². The maximum Gasteiger partial charge on any atom is 0.179 e. The molecule has 0 bridgehead atoms. The molecule has 1 N–H and O–H groups in total. The average Bonchev–Trinajstić information content (AvgIpc) is 3.11. The number of H-pyrrole nitrogens is 1. The number of halogens is 1. The number of ether oxygens (including phenoxy) is 1. The van der Waals surface area contributed by atoms with Crippen LogP contribution in [0.2, 0.25) is 0 Å². The lowest BCUT2D eigenvalue weighted by atomic mass is 10.1.